The van der Waals surface area contributed by atoms with Crippen LogP contribution in [0.3, 0.4) is 0 Å². The zero-order valence-corrected chi connectivity index (χ0v) is 19.1. The Balaban J connectivity index is 1.46. The number of likely N-dealkylation sites (N-methyl/N-ethyl adjacent to an activating group) is 1. The fraction of sp³-hybridized carbons (Fsp3) is 0.360. The van der Waals surface area contributed by atoms with Gasteiger partial charge in [-0.2, -0.15) is 0 Å². The number of nitrogens with one attached hydrogen (secondary N) is 1. The van der Waals surface area contributed by atoms with Crippen LogP contribution in [0.1, 0.15) is 41.6 Å². The van der Waals surface area contributed by atoms with E-state index in [9.17, 15) is 4.79 Å². The molecule has 162 valence electrons. The van der Waals surface area contributed by atoms with Gasteiger partial charge in [0.1, 0.15) is 6.04 Å². The third kappa shape index (κ3) is 5.21. The van der Waals surface area contributed by atoms with Crippen LogP contribution in [0.2, 0.25) is 0 Å². The molecule has 0 saturated heterocycles. The molecule has 1 atom stereocenters. The molecule has 0 fully saturated rings. The molecule has 1 aromatic heterocycles. The van der Waals surface area contributed by atoms with Crippen LogP contribution in [-0.2, 0) is 24.3 Å². The Morgan fingerprint density at radius 2 is 1.77 bits per heavy atom. The third-order valence-electron chi connectivity index (χ3n) is 5.83. The van der Waals surface area contributed by atoms with Gasteiger partial charge in [-0.05, 0) is 24.2 Å². The van der Waals surface area contributed by atoms with Gasteiger partial charge in [0.05, 0.1) is 5.69 Å². The van der Waals surface area contributed by atoms with Crippen LogP contribution in [0, 0.1) is 0 Å². The number of anilines is 1. The van der Waals surface area contributed by atoms with E-state index in [2.05, 4.69) is 59.3 Å². The Morgan fingerprint density at radius 1 is 1.10 bits per heavy atom. The van der Waals surface area contributed by atoms with Crippen molar-refractivity contribution in [1.29, 1.82) is 0 Å². The Labute approximate surface area is 188 Å². The minimum absolute atomic E-state index is 0.0119. The maximum absolute atomic E-state index is 13.3. The number of thiazole rings is 1. The molecule has 0 bridgehead atoms. The summed E-state index contributed by atoms with van der Waals surface area (Å²) in [6.07, 6.45) is 0.923. The lowest BCUT2D eigenvalue weighted by Crippen LogP contribution is -2.37. The van der Waals surface area contributed by atoms with Crippen LogP contribution < -0.4 is 5.32 Å². The topological polar surface area (TPSA) is 48.5 Å². The van der Waals surface area contributed by atoms with Crippen molar-refractivity contribution in [3.8, 4) is 0 Å². The summed E-state index contributed by atoms with van der Waals surface area (Å²) in [4.78, 5) is 23.9. The van der Waals surface area contributed by atoms with Crippen LogP contribution in [-0.4, -0.2) is 40.3 Å². The van der Waals surface area contributed by atoms with E-state index in [4.69, 9.17) is 4.98 Å². The highest BCUT2D eigenvalue weighted by atomic mass is 32.1. The molecule has 1 amide bonds. The highest BCUT2D eigenvalue weighted by Gasteiger charge is 2.28. The van der Waals surface area contributed by atoms with Gasteiger partial charge >= 0.3 is 0 Å². The number of carbonyl (C=O) groups is 1. The molecule has 1 aliphatic rings. The van der Waals surface area contributed by atoms with E-state index in [1.165, 1.54) is 10.4 Å². The van der Waals surface area contributed by atoms with Gasteiger partial charge in [-0.1, -0.05) is 74.5 Å². The Bertz CT molecular complexity index is 985. The summed E-state index contributed by atoms with van der Waals surface area (Å²) in [5, 5.41) is 3.83. The highest BCUT2D eigenvalue weighted by molar-refractivity contribution is 7.15. The average molecular weight is 435 g/mol. The first-order chi connectivity index (χ1) is 15.2. The van der Waals surface area contributed by atoms with E-state index in [1.54, 1.807) is 11.3 Å². The zero-order chi connectivity index (χ0) is 21.6. The molecule has 4 rings (SSSR count). The van der Waals surface area contributed by atoms with E-state index in [0.717, 1.165) is 50.4 Å². The molecule has 2 heterocycles. The minimum atomic E-state index is -0.313. The smallest absolute Gasteiger partial charge is 0.248 e. The molecule has 1 aliphatic heterocycles. The summed E-state index contributed by atoms with van der Waals surface area (Å²) in [6, 6.07) is 20.3. The van der Waals surface area contributed by atoms with E-state index in [0.29, 0.717) is 5.13 Å². The molecule has 31 heavy (non-hydrogen) atoms. The molecule has 2 aromatic carbocycles. The lowest BCUT2D eigenvalue weighted by molar-refractivity contribution is -0.121. The number of carbonyl (C=O) groups excluding carboxylic acids is 1. The van der Waals surface area contributed by atoms with E-state index >= 15 is 0 Å². The standard InChI is InChI=1S/C25H30N4OS/c1-3-29(4-2)23(20-13-9-6-10-14-20)24(30)27-25-26-21-15-16-28(18-22(21)31-25)17-19-11-7-5-8-12-19/h5-14,23H,3-4,15-18H2,1-2H3,(H,26,27,30). The van der Waals surface area contributed by atoms with Crippen LogP contribution in [0.15, 0.2) is 60.7 Å². The van der Waals surface area contributed by atoms with E-state index in [1.807, 2.05) is 30.3 Å². The van der Waals surface area contributed by atoms with Gasteiger partial charge in [0.15, 0.2) is 5.13 Å². The van der Waals surface area contributed by atoms with Crippen molar-refractivity contribution in [2.24, 2.45) is 0 Å². The molecule has 5 nitrogen and oxygen atoms in total. The molecule has 0 aliphatic carbocycles. The first kappa shape index (κ1) is 21.7. The summed E-state index contributed by atoms with van der Waals surface area (Å²) in [5.74, 6) is -0.0119. The van der Waals surface area contributed by atoms with Gasteiger partial charge in [-0.3, -0.25) is 14.6 Å². The maximum atomic E-state index is 13.3. The molecule has 0 spiro atoms. The lowest BCUT2D eigenvalue weighted by Gasteiger charge is -2.28. The average Bonchev–Trinajstić information content (AvgIpc) is 3.20. The number of benzene rings is 2. The Morgan fingerprint density at radius 3 is 2.45 bits per heavy atom. The molecular weight excluding hydrogens is 404 g/mol. The summed E-state index contributed by atoms with van der Waals surface area (Å²) in [6.45, 7) is 8.63. The first-order valence-corrected chi connectivity index (χ1v) is 11.8. The first-order valence-electron chi connectivity index (χ1n) is 11.0. The molecule has 3 aromatic rings. The molecule has 1 N–H and O–H groups in total. The SMILES string of the molecule is CCN(CC)C(C(=O)Nc1nc2c(s1)CN(Cc1ccccc1)CC2)c1ccccc1. The summed E-state index contributed by atoms with van der Waals surface area (Å²) in [7, 11) is 0. The Kier molecular flexibility index (Phi) is 7.12. The molecule has 0 radical (unpaired) electrons. The van der Waals surface area contributed by atoms with Crippen molar-refractivity contribution in [3.05, 3.63) is 82.4 Å². The van der Waals surface area contributed by atoms with Gasteiger partial charge < -0.3 is 5.32 Å². The van der Waals surface area contributed by atoms with Gasteiger partial charge in [-0.25, -0.2) is 4.98 Å². The quantitative estimate of drug-likeness (QED) is 0.557. The monoisotopic (exact) mass is 434 g/mol. The number of aromatic nitrogens is 1. The van der Waals surface area contributed by atoms with Crippen LogP contribution >= 0.6 is 11.3 Å². The van der Waals surface area contributed by atoms with Crippen LogP contribution in [0.25, 0.3) is 0 Å². The summed E-state index contributed by atoms with van der Waals surface area (Å²) >= 11 is 1.61. The number of nitrogens with zero attached hydrogens (tertiary/aromatic N) is 3. The predicted molar refractivity (Wildman–Crippen MR) is 127 cm³/mol. The number of rotatable bonds is 8. The van der Waals surface area contributed by atoms with Gasteiger partial charge in [0, 0.05) is 30.9 Å². The van der Waals surface area contributed by atoms with Crippen LogP contribution in [0.5, 0.6) is 0 Å². The van der Waals surface area contributed by atoms with Crippen molar-refractivity contribution in [1.82, 2.24) is 14.8 Å². The zero-order valence-electron chi connectivity index (χ0n) is 18.3. The maximum Gasteiger partial charge on any atom is 0.248 e. The van der Waals surface area contributed by atoms with Crippen molar-refractivity contribution in [2.45, 2.75) is 39.4 Å². The van der Waals surface area contributed by atoms with Crippen molar-refractivity contribution < 1.29 is 4.79 Å². The minimum Gasteiger partial charge on any atom is -0.300 e. The largest absolute Gasteiger partial charge is 0.300 e. The summed E-state index contributed by atoms with van der Waals surface area (Å²) in [5.41, 5.74) is 3.47. The fourth-order valence-corrected chi connectivity index (χ4v) is 5.26. The molecular formula is C25H30N4OS. The van der Waals surface area contributed by atoms with E-state index in [-0.39, 0.29) is 11.9 Å². The van der Waals surface area contributed by atoms with Crippen LogP contribution in [0.4, 0.5) is 5.13 Å². The molecule has 1 unspecified atom stereocenters. The van der Waals surface area contributed by atoms with Gasteiger partial charge in [-0.15, -0.1) is 11.3 Å². The van der Waals surface area contributed by atoms with Crippen molar-refractivity contribution in [2.75, 3.05) is 25.0 Å². The Hall–Kier alpha value is -2.54. The normalized spacial score (nSPS) is 14.9. The second-order valence-corrected chi connectivity index (χ2v) is 8.94. The number of hydrogen-bond acceptors (Lipinski definition) is 5. The predicted octanol–water partition coefficient (Wildman–Crippen LogP) is 4.72. The fourth-order valence-electron chi connectivity index (χ4n) is 4.20. The second kappa shape index (κ2) is 10.2. The number of amides is 1. The van der Waals surface area contributed by atoms with Crippen molar-refractivity contribution in [3.63, 3.8) is 0 Å². The lowest BCUT2D eigenvalue weighted by atomic mass is 10.0. The number of hydrogen-bond donors (Lipinski definition) is 1. The molecule has 0 saturated carbocycles. The van der Waals surface area contributed by atoms with Gasteiger partial charge in [0.2, 0.25) is 5.91 Å². The summed E-state index contributed by atoms with van der Waals surface area (Å²) < 4.78 is 0. The van der Waals surface area contributed by atoms with E-state index < -0.39 is 0 Å². The third-order valence-corrected chi connectivity index (χ3v) is 6.83. The highest BCUT2D eigenvalue weighted by Crippen LogP contribution is 2.30. The molecule has 6 heteroatoms. The van der Waals surface area contributed by atoms with Gasteiger partial charge in [0.25, 0.3) is 0 Å². The van der Waals surface area contributed by atoms with Crippen molar-refractivity contribution >= 4 is 22.4 Å². The number of fused-ring (bicyclic) bond motifs is 1. The second-order valence-electron chi connectivity index (χ2n) is 7.86.